The van der Waals surface area contributed by atoms with Gasteiger partial charge in [-0.05, 0) is 48.1 Å². The molecule has 2 N–H and O–H groups in total. The molecular formula is C32H37N3O5. The van der Waals surface area contributed by atoms with E-state index in [0.29, 0.717) is 52.6 Å². The lowest BCUT2D eigenvalue weighted by molar-refractivity contribution is -0.126. The highest BCUT2D eigenvalue weighted by molar-refractivity contribution is 6.07. The Hall–Kier alpha value is -3.94. The molecule has 2 aliphatic heterocycles. The molecule has 40 heavy (non-hydrogen) atoms. The van der Waals surface area contributed by atoms with Gasteiger partial charge < -0.3 is 20.1 Å². The van der Waals surface area contributed by atoms with Gasteiger partial charge in [0.25, 0.3) is 5.91 Å². The molecule has 3 heterocycles. The van der Waals surface area contributed by atoms with Crippen LogP contribution in [0.25, 0.3) is 11.3 Å². The predicted octanol–water partition coefficient (Wildman–Crippen LogP) is 5.36. The Bertz CT molecular complexity index is 1530. The summed E-state index contributed by atoms with van der Waals surface area (Å²) < 4.78 is 12.4. The third-order valence-corrected chi connectivity index (χ3v) is 8.34. The molecule has 2 atom stereocenters. The maximum Gasteiger partial charge on any atom is 0.254 e. The Balaban J connectivity index is 1.81. The second-order valence-corrected chi connectivity index (χ2v) is 12.2. The zero-order valence-corrected chi connectivity index (χ0v) is 24.5. The number of pyridine rings is 1. The van der Waals surface area contributed by atoms with E-state index in [2.05, 4.69) is 32.7 Å². The summed E-state index contributed by atoms with van der Waals surface area (Å²) in [6, 6.07) is 6.92. The van der Waals surface area contributed by atoms with E-state index >= 15 is 0 Å². The van der Waals surface area contributed by atoms with Gasteiger partial charge in [-0.15, -0.1) is 0 Å². The first-order chi connectivity index (χ1) is 18.8. The number of carbonyl (C=O) groups excluding carboxylic acids is 3. The number of hydrogen-bond donors (Lipinski definition) is 1. The van der Waals surface area contributed by atoms with Crippen LogP contribution >= 0.6 is 0 Å². The number of rotatable bonds is 5. The normalized spacial score (nSPS) is 22.0. The van der Waals surface area contributed by atoms with Gasteiger partial charge in [0, 0.05) is 43.5 Å². The van der Waals surface area contributed by atoms with E-state index in [1.807, 2.05) is 19.1 Å². The number of carbonyl (C=O) groups is 3. The third-order valence-electron chi connectivity index (χ3n) is 8.34. The zero-order valence-electron chi connectivity index (χ0n) is 24.5. The number of Topliss-reactive ketones (excluding diaryl/α,β-unsaturated/α-hetero) is 2. The van der Waals surface area contributed by atoms with Crippen LogP contribution in [0, 0.1) is 18.3 Å². The van der Waals surface area contributed by atoms with Crippen LogP contribution < -0.4 is 10.5 Å². The average Bonchev–Trinajstić information content (AvgIpc) is 3.11. The summed E-state index contributed by atoms with van der Waals surface area (Å²) in [6.45, 7) is 11.6. The quantitative estimate of drug-likeness (QED) is 0.506. The van der Waals surface area contributed by atoms with E-state index in [9.17, 15) is 14.4 Å². The zero-order chi connectivity index (χ0) is 29.3. The van der Waals surface area contributed by atoms with Crippen LogP contribution in [0.1, 0.15) is 75.0 Å². The number of nitrogens with two attached hydrogens (primary N) is 1. The molecule has 0 spiro atoms. The molecule has 1 aromatic heterocycles. The van der Waals surface area contributed by atoms with Crippen molar-refractivity contribution in [2.45, 2.75) is 66.3 Å². The van der Waals surface area contributed by atoms with Gasteiger partial charge in [0.2, 0.25) is 0 Å². The van der Waals surface area contributed by atoms with Gasteiger partial charge in [0.05, 0.1) is 36.0 Å². The lowest BCUT2D eigenvalue weighted by Gasteiger charge is -2.39. The fourth-order valence-corrected chi connectivity index (χ4v) is 6.56. The predicted molar refractivity (Wildman–Crippen MR) is 153 cm³/mol. The van der Waals surface area contributed by atoms with E-state index < -0.39 is 5.92 Å². The summed E-state index contributed by atoms with van der Waals surface area (Å²) in [5, 5.41) is 0. The van der Waals surface area contributed by atoms with Gasteiger partial charge in [-0.1, -0.05) is 27.7 Å². The largest absolute Gasteiger partial charge is 0.496 e. The molecule has 1 aliphatic carbocycles. The third kappa shape index (κ3) is 4.21. The highest BCUT2D eigenvalue weighted by Crippen LogP contribution is 2.55. The van der Waals surface area contributed by atoms with Crippen molar-refractivity contribution >= 4 is 23.2 Å². The minimum atomic E-state index is -0.656. The Morgan fingerprint density at radius 1 is 1.15 bits per heavy atom. The highest BCUT2D eigenvalue weighted by Gasteiger charge is 2.52. The summed E-state index contributed by atoms with van der Waals surface area (Å²) in [7, 11) is 3.38. The van der Waals surface area contributed by atoms with Crippen molar-refractivity contribution in [2.24, 2.45) is 11.3 Å². The number of ether oxygens (including phenoxy) is 2. The molecule has 1 aromatic carbocycles. The van der Waals surface area contributed by atoms with Gasteiger partial charge in [0.1, 0.15) is 23.0 Å². The Morgan fingerprint density at radius 2 is 1.85 bits per heavy atom. The van der Waals surface area contributed by atoms with Gasteiger partial charge >= 0.3 is 0 Å². The van der Waals surface area contributed by atoms with Crippen LogP contribution in [-0.4, -0.2) is 47.6 Å². The van der Waals surface area contributed by atoms with Crippen LogP contribution in [0.15, 0.2) is 46.9 Å². The first-order valence-corrected chi connectivity index (χ1v) is 13.7. The van der Waals surface area contributed by atoms with Crippen molar-refractivity contribution in [3.63, 3.8) is 0 Å². The Kier molecular flexibility index (Phi) is 6.63. The Morgan fingerprint density at radius 3 is 2.48 bits per heavy atom. The molecule has 0 unspecified atom stereocenters. The monoisotopic (exact) mass is 543 g/mol. The lowest BCUT2D eigenvalue weighted by atomic mass is 9.68. The molecule has 3 aliphatic rings. The van der Waals surface area contributed by atoms with Crippen molar-refractivity contribution < 1.29 is 23.9 Å². The number of methoxy groups -OCH3 is 1. The number of anilines is 1. The number of aromatic nitrogens is 1. The molecule has 0 saturated heterocycles. The number of hydrogen-bond acceptors (Lipinski definition) is 7. The molecule has 2 aromatic rings. The van der Waals surface area contributed by atoms with Crippen LogP contribution in [-0.2, 0) is 14.3 Å². The molecule has 5 rings (SSSR count). The minimum absolute atomic E-state index is 0.0254. The standard InChI is InChI=1S/C32H37N3O5/c1-15(2)29-30-27(31(38)35(29)7)26(25-21(37)13-32(5,6)14-23(25)40-30)24-16(3)18(9-12-22(24)39-8)20-11-10-19(33)28(34-20)17(4)36/h9-12,15,26,29H,13-14,33H2,1-8H3/t26-,29+/m0/s1. The summed E-state index contributed by atoms with van der Waals surface area (Å²) in [4.78, 5) is 46.3. The van der Waals surface area contributed by atoms with Gasteiger partial charge in [-0.25, -0.2) is 4.98 Å². The number of benzene rings is 1. The van der Waals surface area contributed by atoms with Crippen LogP contribution in [0.2, 0.25) is 0 Å². The van der Waals surface area contributed by atoms with Crippen LogP contribution in [0.4, 0.5) is 5.69 Å². The molecule has 8 heteroatoms. The minimum Gasteiger partial charge on any atom is -0.496 e. The molecule has 0 saturated carbocycles. The van der Waals surface area contributed by atoms with E-state index in [1.165, 1.54) is 6.92 Å². The maximum absolute atomic E-state index is 13.9. The first-order valence-electron chi connectivity index (χ1n) is 13.7. The number of allylic oxidation sites excluding steroid dienone is 2. The molecule has 0 radical (unpaired) electrons. The number of ketones is 2. The second kappa shape index (κ2) is 9.61. The van der Waals surface area contributed by atoms with E-state index in [-0.39, 0.29) is 40.5 Å². The summed E-state index contributed by atoms with van der Waals surface area (Å²) >= 11 is 0. The second-order valence-electron chi connectivity index (χ2n) is 12.2. The fraction of sp³-hybridized carbons (Fsp3) is 0.438. The van der Waals surface area contributed by atoms with E-state index in [4.69, 9.17) is 15.2 Å². The number of nitrogen functional groups attached to an aromatic ring is 1. The van der Waals surface area contributed by atoms with Crippen molar-refractivity contribution in [1.29, 1.82) is 0 Å². The van der Waals surface area contributed by atoms with Gasteiger partial charge in [0.15, 0.2) is 11.6 Å². The molecule has 0 fully saturated rings. The van der Waals surface area contributed by atoms with E-state index in [0.717, 1.165) is 16.7 Å². The average molecular weight is 544 g/mol. The molecular weight excluding hydrogens is 506 g/mol. The molecule has 8 nitrogen and oxygen atoms in total. The molecule has 1 amide bonds. The maximum atomic E-state index is 13.9. The molecule has 0 bridgehead atoms. The van der Waals surface area contributed by atoms with Crippen molar-refractivity contribution in [3.05, 3.63) is 63.8 Å². The number of nitrogens with zero attached hydrogens (tertiary/aromatic N) is 2. The van der Waals surface area contributed by atoms with Gasteiger partial charge in [-0.2, -0.15) is 0 Å². The summed E-state index contributed by atoms with van der Waals surface area (Å²) in [6.07, 6.45) is 0.946. The van der Waals surface area contributed by atoms with Crippen LogP contribution in [0.3, 0.4) is 0 Å². The fourth-order valence-electron chi connectivity index (χ4n) is 6.56. The topological polar surface area (TPSA) is 112 Å². The Labute approximate surface area is 235 Å². The van der Waals surface area contributed by atoms with E-state index in [1.54, 1.807) is 31.2 Å². The lowest BCUT2D eigenvalue weighted by Crippen LogP contribution is -2.36. The van der Waals surface area contributed by atoms with Crippen molar-refractivity contribution in [1.82, 2.24) is 9.88 Å². The molecule has 210 valence electrons. The number of amides is 1. The summed E-state index contributed by atoms with van der Waals surface area (Å²) in [5.74, 6) is 0.862. The SMILES string of the molecule is COc1ccc(-c2ccc(N)c(C(C)=O)n2)c(C)c1[C@H]1C2=C(CC(C)(C)CC2=O)OC2=C1C(=O)N(C)[C@@H]2C(C)C. The van der Waals surface area contributed by atoms with Crippen molar-refractivity contribution in [2.75, 3.05) is 19.9 Å². The first kappa shape index (κ1) is 27.6. The number of likely N-dealkylation sites (N-methyl/N-ethyl adjacent to an activating group) is 1. The smallest absolute Gasteiger partial charge is 0.254 e. The van der Waals surface area contributed by atoms with Crippen LogP contribution in [0.5, 0.6) is 5.75 Å². The van der Waals surface area contributed by atoms with Gasteiger partial charge in [-0.3, -0.25) is 14.4 Å². The van der Waals surface area contributed by atoms with Crippen molar-refractivity contribution in [3.8, 4) is 17.0 Å². The highest BCUT2D eigenvalue weighted by atomic mass is 16.5. The summed E-state index contributed by atoms with van der Waals surface area (Å²) in [5.41, 5.74) is 10.1.